The Morgan fingerprint density at radius 3 is 2.76 bits per heavy atom. The Labute approximate surface area is 126 Å². The first kappa shape index (κ1) is 16.0. The van der Waals surface area contributed by atoms with Crippen LogP contribution in [0.15, 0.2) is 0 Å². The van der Waals surface area contributed by atoms with Crippen LogP contribution in [0.4, 0.5) is 0 Å². The van der Waals surface area contributed by atoms with Gasteiger partial charge in [0.2, 0.25) is 5.91 Å². The molecule has 0 aliphatic carbocycles. The molecule has 5 nitrogen and oxygen atoms in total. The number of nitrogens with zero attached hydrogens (tertiary/aromatic N) is 3. The number of carbonyl (C=O) groups is 1. The van der Waals surface area contributed by atoms with Crippen LogP contribution >= 0.6 is 0 Å². The molecule has 0 saturated carbocycles. The summed E-state index contributed by atoms with van der Waals surface area (Å²) in [5.41, 5.74) is 3.08. The van der Waals surface area contributed by atoms with Crippen molar-refractivity contribution in [1.29, 1.82) is 0 Å². The average Bonchev–Trinajstić information content (AvgIpc) is 2.65. The van der Waals surface area contributed by atoms with E-state index in [1.54, 1.807) is 4.90 Å². The summed E-state index contributed by atoms with van der Waals surface area (Å²) in [6, 6.07) is 0. The normalized spacial score (nSPS) is 19.3. The van der Waals surface area contributed by atoms with Gasteiger partial charge in [-0.05, 0) is 32.6 Å². The largest absolute Gasteiger partial charge is 0.391 e. The summed E-state index contributed by atoms with van der Waals surface area (Å²) < 4.78 is 2.01. The average molecular weight is 293 g/mol. The number of aromatic nitrogens is 2. The van der Waals surface area contributed by atoms with Crippen molar-refractivity contribution in [2.45, 2.75) is 59.6 Å². The lowest BCUT2D eigenvalue weighted by Crippen LogP contribution is -2.42. The van der Waals surface area contributed by atoms with Crippen LogP contribution in [-0.2, 0) is 17.8 Å². The van der Waals surface area contributed by atoms with Gasteiger partial charge >= 0.3 is 0 Å². The molecule has 0 aromatic carbocycles. The van der Waals surface area contributed by atoms with Gasteiger partial charge in [0, 0.05) is 30.9 Å². The summed E-state index contributed by atoms with van der Waals surface area (Å²) in [5.74, 6) is 0.632. The number of aryl methyl sites for hydroxylation is 1. The van der Waals surface area contributed by atoms with Crippen LogP contribution in [0.5, 0.6) is 0 Å². The highest BCUT2D eigenvalue weighted by molar-refractivity contribution is 5.79. The van der Waals surface area contributed by atoms with Crippen molar-refractivity contribution in [2.75, 3.05) is 13.1 Å². The molecule has 1 amide bonds. The van der Waals surface area contributed by atoms with Crippen LogP contribution in [0.2, 0.25) is 0 Å². The van der Waals surface area contributed by atoms with Crippen molar-refractivity contribution in [3.63, 3.8) is 0 Å². The molecule has 118 valence electrons. The minimum Gasteiger partial charge on any atom is -0.391 e. The lowest BCUT2D eigenvalue weighted by atomic mass is 10.1. The van der Waals surface area contributed by atoms with Crippen LogP contribution < -0.4 is 0 Å². The summed E-state index contributed by atoms with van der Waals surface area (Å²) >= 11 is 0. The second-order valence-corrected chi connectivity index (χ2v) is 6.54. The first-order valence-electron chi connectivity index (χ1n) is 7.87. The molecular weight excluding hydrogens is 266 g/mol. The third-order valence-electron chi connectivity index (χ3n) is 4.15. The van der Waals surface area contributed by atoms with E-state index >= 15 is 0 Å². The van der Waals surface area contributed by atoms with Gasteiger partial charge in [0.15, 0.2) is 0 Å². The SMILES string of the molecule is Cc1nn(CC(C)C)c(C)c1CC(=O)N1CCCC(O)C1. The van der Waals surface area contributed by atoms with Gasteiger partial charge in [-0.15, -0.1) is 0 Å². The fourth-order valence-electron chi connectivity index (χ4n) is 2.96. The second-order valence-electron chi connectivity index (χ2n) is 6.54. The van der Waals surface area contributed by atoms with Crippen LogP contribution in [0.3, 0.4) is 0 Å². The number of carbonyl (C=O) groups excluding carboxylic acids is 1. The van der Waals surface area contributed by atoms with E-state index in [4.69, 9.17) is 0 Å². The lowest BCUT2D eigenvalue weighted by Gasteiger charge is -2.30. The molecule has 1 aromatic heterocycles. The third kappa shape index (κ3) is 3.84. The highest BCUT2D eigenvalue weighted by atomic mass is 16.3. The van der Waals surface area contributed by atoms with Gasteiger partial charge in [-0.3, -0.25) is 9.48 Å². The Morgan fingerprint density at radius 2 is 2.14 bits per heavy atom. The van der Waals surface area contributed by atoms with Crippen molar-refractivity contribution in [3.05, 3.63) is 17.0 Å². The monoisotopic (exact) mass is 293 g/mol. The number of piperidine rings is 1. The Hall–Kier alpha value is -1.36. The van der Waals surface area contributed by atoms with Crippen molar-refractivity contribution < 1.29 is 9.90 Å². The Bertz CT molecular complexity index is 508. The maximum atomic E-state index is 12.4. The molecule has 5 heteroatoms. The number of hydrogen-bond acceptors (Lipinski definition) is 3. The van der Waals surface area contributed by atoms with E-state index in [1.807, 2.05) is 18.5 Å². The summed E-state index contributed by atoms with van der Waals surface area (Å²) in [6.07, 6.45) is 1.71. The minimum absolute atomic E-state index is 0.101. The molecule has 2 rings (SSSR count). The van der Waals surface area contributed by atoms with Crippen molar-refractivity contribution >= 4 is 5.91 Å². The molecule has 0 spiro atoms. The van der Waals surface area contributed by atoms with Crippen LogP contribution in [0, 0.1) is 19.8 Å². The molecule has 2 heterocycles. The standard InChI is InChI=1S/C16H27N3O2/c1-11(2)9-19-13(4)15(12(3)17-19)8-16(21)18-7-5-6-14(20)10-18/h11,14,20H,5-10H2,1-4H3. The topological polar surface area (TPSA) is 58.4 Å². The van der Waals surface area contributed by atoms with E-state index in [9.17, 15) is 9.90 Å². The molecule has 21 heavy (non-hydrogen) atoms. The molecule has 1 unspecified atom stereocenters. The maximum absolute atomic E-state index is 12.4. The zero-order valence-corrected chi connectivity index (χ0v) is 13.6. The van der Waals surface area contributed by atoms with Crippen molar-refractivity contribution in [1.82, 2.24) is 14.7 Å². The van der Waals surface area contributed by atoms with E-state index in [1.165, 1.54) is 0 Å². The maximum Gasteiger partial charge on any atom is 0.227 e. The van der Waals surface area contributed by atoms with E-state index in [0.717, 1.165) is 42.9 Å². The molecule has 0 radical (unpaired) electrons. The van der Waals surface area contributed by atoms with Gasteiger partial charge < -0.3 is 10.0 Å². The van der Waals surface area contributed by atoms with E-state index in [0.29, 0.717) is 18.9 Å². The molecule has 1 fully saturated rings. The highest BCUT2D eigenvalue weighted by Crippen LogP contribution is 2.18. The van der Waals surface area contributed by atoms with Crippen molar-refractivity contribution in [3.8, 4) is 0 Å². The summed E-state index contributed by atoms with van der Waals surface area (Å²) in [6.45, 7) is 10.4. The predicted octanol–water partition coefficient (Wildman–Crippen LogP) is 1.68. The van der Waals surface area contributed by atoms with Gasteiger partial charge in [0.25, 0.3) is 0 Å². The fraction of sp³-hybridized carbons (Fsp3) is 0.750. The van der Waals surface area contributed by atoms with Crippen LogP contribution in [0.1, 0.15) is 43.6 Å². The first-order valence-corrected chi connectivity index (χ1v) is 7.87. The predicted molar refractivity (Wildman–Crippen MR) is 82.1 cm³/mol. The number of rotatable bonds is 4. The molecule has 1 aliphatic rings. The third-order valence-corrected chi connectivity index (χ3v) is 4.15. The number of β-amino-alcohol motifs (C(OH)–C–C–N with tert-alkyl or cyclic N) is 1. The number of aliphatic hydroxyl groups excluding tert-OH is 1. The molecular formula is C16H27N3O2. The summed E-state index contributed by atoms with van der Waals surface area (Å²) in [4.78, 5) is 14.2. The Balaban J connectivity index is 2.08. The van der Waals surface area contributed by atoms with Crippen molar-refractivity contribution in [2.24, 2.45) is 5.92 Å². The molecule has 0 bridgehead atoms. The zero-order valence-electron chi connectivity index (χ0n) is 13.6. The molecule has 1 N–H and O–H groups in total. The molecule has 1 aliphatic heterocycles. The first-order chi connectivity index (χ1) is 9.88. The minimum atomic E-state index is -0.367. The smallest absolute Gasteiger partial charge is 0.227 e. The summed E-state index contributed by atoms with van der Waals surface area (Å²) in [5, 5.41) is 14.3. The molecule has 1 saturated heterocycles. The van der Waals surface area contributed by atoms with Gasteiger partial charge in [-0.1, -0.05) is 13.8 Å². The van der Waals surface area contributed by atoms with Gasteiger partial charge in [0.1, 0.15) is 0 Å². The fourth-order valence-corrected chi connectivity index (χ4v) is 2.96. The lowest BCUT2D eigenvalue weighted by molar-refractivity contribution is -0.133. The molecule has 1 atom stereocenters. The van der Waals surface area contributed by atoms with E-state index in [2.05, 4.69) is 18.9 Å². The highest BCUT2D eigenvalue weighted by Gasteiger charge is 2.24. The second kappa shape index (κ2) is 6.60. The van der Waals surface area contributed by atoms with Gasteiger partial charge in [0.05, 0.1) is 18.2 Å². The zero-order chi connectivity index (χ0) is 15.6. The Morgan fingerprint density at radius 1 is 1.43 bits per heavy atom. The quantitative estimate of drug-likeness (QED) is 0.919. The van der Waals surface area contributed by atoms with Gasteiger partial charge in [-0.25, -0.2) is 0 Å². The number of aliphatic hydroxyl groups is 1. The van der Waals surface area contributed by atoms with Crippen LogP contribution in [0.25, 0.3) is 0 Å². The number of likely N-dealkylation sites (tertiary alicyclic amines) is 1. The van der Waals surface area contributed by atoms with E-state index in [-0.39, 0.29) is 12.0 Å². The summed E-state index contributed by atoms with van der Waals surface area (Å²) in [7, 11) is 0. The number of amides is 1. The number of hydrogen-bond donors (Lipinski definition) is 1. The van der Waals surface area contributed by atoms with Gasteiger partial charge in [-0.2, -0.15) is 5.10 Å². The van der Waals surface area contributed by atoms with Crippen LogP contribution in [-0.4, -0.2) is 44.9 Å². The Kier molecular flexibility index (Phi) is 5.04. The van der Waals surface area contributed by atoms with E-state index < -0.39 is 0 Å². The molecule has 1 aromatic rings.